The van der Waals surface area contributed by atoms with E-state index >= 15 is 0 Å². The quantitative estimate of drug-likeness (QED) is 0.0983. The van der Waals surface area contributed by atoms with Gasteiger partial charge in [0.25, 0.3) is 0 Å². The maximum absolute atomic E-state index is 4.38. The van der Waals surface area contributed by atoms with Crippen LogP contribution in [0.1, 0.15) is 59.1 Å². The maximum atomic E-state index is 4.38. The first-order valence-electron chi connectivity index (χ1n) is 12.2. The van der Waals surface area contributed by atoms with E-state index in [2.05, 4.69) is 92.0 Å². The molecule has 37 heavy (non-hydrogen) atoms. The third-order valence-electron chi connectivity index (χ3n) is 5.81. The Morgan fingerprint density at radius 1 is 0.568 bits per heavy atom. The van der Waals surface area contributed by atoms with Gasteiger partial charge in [0.2, 0.25) is 0 Å². The first-order chi connectivity index (χ1) is 17.2. The molecule has 2 heterocycles. The first-order valence-corrected chi connectivity index (χ1v) is 14.0. The highest BCUT2D eigenvalue weighted by Gasteiger charge is 2.10. The van der Waals surface area contributed by atoms with Gasteiger partial charge in [0.05, 0.1) is 23.3 Å². The smallest absolute Gasteiger partial charge is 0.219 e. The summed E-state index contributed by atoms with van der Waals surface area (Å²) in [4.78, 5) is 0. The largest absolute Gasteiger partial charge is 0.408 e. The van der Waals surface area contributed by atoms with Gasteiger partial charge in [-0.1, -0.05) is 45.5 Å². The average molecular weight is 537 g/mol. The second kappa shape index (κ2) is 15.9. The van der Waals surface area contributed by atoms with Gasteiger partial charge >= 0.3 is 10.3 Å². The Morgan fingerprint density at radius 3 is 1.35 bits per heavy atom. The maximum Gasteiger partial charge on any atom is 0.408 e. The molecule has 0 saturated carbocycles. The summed E-state index contributed by atoms with van der Waals surface area (Å²) in [6, 6.07) is 16.9. The van der Waals surface area contributed by atoms with Crippen LogP contribution in [0, 0.1) is 0 Å². The van der Waals surface area contributed by atoms with Crippen LogP contribution in [0.25, 0.3) is 0 Å². The van der Waals surface area contributed by atoms with Crippen LogP contribution >= 0.6 is 22.7 Å². The number of aromatic nitrogens is 2. The molecule has 6 nitrogen and oxygen atoms in total. The van der Waals surface area contributed by atoms with Crippen LogP contribution in [0.2, 0.25) is 0 Å². The number of hydrogen-bond acceptors (Lipinski definition) is 6. The molecule has 0 unspecified atom stereocenters. The van der Waals surface area contributed by atoms with Gasteiger partial charge < -0.3 is 0 Å². The van der Waals surface area contributed by atoms with Gasteiger partial charge in [0.1, 0.15) is 23.8 Å². The molecule has 0 aliphatic heterocycles. The van der Waals surface area contributed by atoms with Gasteiger partial charge in [-0.2, -0.15) is 0 Å². The molecule has 0 amide bonds. The Kier molecular flexibility index (Phi) is 12.9. The highest BCUT2D eigenvalue weighted by Crippen LogP contribution is 2.22. The summed E-state index contributed by atoms with van der Waals surface area (Å²) < 4.78 is 4.19. The van der Waals surface area contributed by atoms with Crippen molar-refractivity contribution >= 4 is 44.3 Å². The minimum atomic E-state index is 0. The lowest BCUT2D eigenvalue weighted by Gasteiger charge is -2.03. The van der Waals surface area contributed by atoms with Crippen LogP contribution < -0.4 is 9.13 Å². The van der Waals surface area contributed by atoms with E-state index in [9.17, 15) is 0 Å². The van der Waals surface area contributed by atoms with Crippen LogP contribution in [-0.2, 0) is 25.9 Å². The number of unbranched alkanes of at least 4 members (excludes halogenated alkanes) is 2. The van der Waals surface area contributed by atoms with Gasteiger partial charge in [0, 0.05) is 10.8 Å². The van der Waals surface area contributed by atoms with Crippen LogP contribution in [0.15, 0.2) is 92.1 Å². The van der Waals surface area contributed by atoms with E-state index in [1.807, 2.05) is 23.2 Å². The number of rotatable bonds is 12. The molecule has 4 aromatic rings. The monoisotopic (exact) mass is 536 g/mol. The van der Waals surface area contributed by atoms with Gasteiger partial charge in [-0.15, -0.1) is 0 Å². The zero-order chi connectivity index (χ0) is 24.3. The number of azo groups is 2. The van der Waals surface area contributed by atoms with Gasteiger partial charge in [-0.25, -0.2) is 9.13 Å². The molecule has 0 radical (unpaired) electrons. The number of hydrogen-bond donors (Lipinski definition) is 0. The van der Waals surface area contributed by atoms with Crippen molar-refractivity contribution in [2.24, 2.45) is 20.5 Å². The normalized spacial score (nSPS) is 11.1. The molecule has 0 saturated heterocycles. The summed E-state index contributed by atoms with van der Waals surface area (Å²) in [5.74, 6) is 0. The molecule has 0 atom stereocenters. The lowest BCUT2D eigenvalue weighted by Crippen LogP contribution is -2.28. The number of nitrogens with zero attached hydrogens (tertiary/aromatic N) is 6. The second-order valence-corrected chi connectivity index (χ2v) is 9.98. The van der Waals surface area contributed by atoms with Crippen molar-refractivity contribution in [3.05, 3.63) is 82.8 Å². The first kappa shape index (κ1) is 30.1. The van der Waals surface area contributed by atoms with Crippen molar-refractivity contribution in [3.8, 4) is 0 Å². The number of aryl methyl sites for hydroxylation is 4. The van der Waals surface area contributed by atoms with E-state index in [1.54, 1.807) is 22.7 Å². The molecule has 0 fully saturated rings. The average Bonchev–Trinajstić information content (AvgIpc) is 3.56. The summed E-state index contributed by atoms with van der Waals surface area (Å²) in [6.07, 6.45) is 9.87. The predicted molar refractivity (Wildman–Crippen MR) is 156 cm³/mol. The second-order valence-electron chi connectivity index (χ2n) is 8.24. The molecule has 4 rings (SSSR count). The van der Waals surface area contributed by atoms with E-state index in [1.165, 1.54) is 30.4 Å². The molecular formula is C29H40N6S2+2. The molecule has 0 bridgehead atoms. The molecular weight excluding hydrogens is 496 g/mol. The number of benzene rings is 2. The Bertz CT molecular complexity index is 1140. The fourth-order valence-electron chi connectivity index (χ4n) is 3.73. The lowest BCUT2D eigenvalue weighted by atomic mass is 10.0. The summed E-state index contributed by atoms with van der Waals surface area (Å²) in [5.41, 5.74) is 4.50. The minimum Gasteiger partial charge on any atom is -0.219 e. The minimum absolute atomic E-state index is 0. The summed E-state index contributed by atoms with van der Waals surface area (Å²) >= 11 is 3.21. The summed E-state index contributed by atoms with van der Waals surface area (Å²) in [7, 11) is 0. The molecule has 196 valence electrons. The Morgan fingerprint density at radius 2 is 0.973 bits per heavy atom. The summed E-state index contributed by atoms with van der Waals surface area (Å²) in [5, 5.41) is 23.5. The highest BCUT2D eigenvalue weighted by molar-refractivity contribution is 7.13. The Balaban J connectivity index is 0.00000241. The fraction of sp³-hybridized carbons (Fsp3) is 0.379. The van der Waals surface area contributed by atoms with Gasteiger partial charge in [0.15, 0.2) is 0 Å². The van der Waals surface area contributed by atoms with Crippen molar-refractivity contribution in [2.45, 2.75) is 73.9 Å². The Hall–Kier alpha value is -3.10. The molecule has 8 heteroatoms. The molecule has 0 aliphatic carbocycles. The lowest BCUT2D eigenvalue weighted by molar-refractivity contribution is -0.677. The number of thiazole rings is 2. The SMILES string of the molecule is C.C.CC[n+]1ccsc1N=Nc1ccc(CCCCCc2ccc(N=Nc3scc[n+]3CC)cc2)cc1. The third-order valence-corrected chi connectivity index (χ3v) is 7.38. The van der Waals surface area contributed by atoms with Crippen molar-refractivity contribution in [1.29, 1.82) is 0 Å². The van der Waals surface area contributed by atoms with E-state index < -0.39 is 0 Å². The van der Waals surface area contributed by atoms with Crippen LogP contribution in [0.4, 0.5) is 21.6 Å². The molecule has 2 aromatic heterocycles. The van der Waals surface area contributed by atoms with Crippen molar-refractivity contribution in [2.75, 3.05) is 0 Å². The molecule has 0 spiro atoms. The highest BCUT2D eigenvalue weighted by atomic mass is 32.1. The van der Waals surface area contributed by atoms with Crippen LogP contribution in [0.5, 0.6) is 0 Å². The van der Waals surface area contributed by atoms with Crippen molar-refractivity contribution in [3.63, 3.8) is 0 Å². The van der Waals surface area contributed by atoms with E-state index in [-0.39, 0.29) is 14.9 Å². The summed E-state index contributed by atoms with van der Waals surface area (Å²) in [6.45, 7) is 6.03. The van der Waals surface area contributed by atoms with Crippen LogP contribution in [-0.4, -0.2) is 0 Å². The zero-order valence-corrected chi connectivity index (χ0v) is 22.0. The predicted octanol–water partition coefficient (Wildman–Crippen LogP) is 9.48. The fourth-order valence-corrected chi connectivity index (χ4v) is 5.22. The van der Waals surface area contributed by atoms with E-state index in [0.29, 0.717) is 0 Å². The topological polar surface area (TPSA) is 57.2 Å². The molecule has 2 aromatic carbocycles. The van der Waals surface area contributed by atoms with E-state index in [4.69, 9.17) is 0 Å². The van der Waals surface area contributed by atoms with Gasteiger partial charge in [-0.3, -0.25) is 0 Å². The zero-order valence-electron chi connectivity index (χ0n) is 20.4. The molecule has 0 aliphatic rings. The standard InChI is InChI=1S/C27H32N6S2.2CH4/c1-3-32-18-20-34-26(32)30-28-24-14-10-22(11-15-24)8-6-5-7-9-23-12-16-25(17-13-23)29-31-27-33(4-2)19-21-35-27;;/h10-21H,3-9H2,1-2H3;2*1H4/q+2;;. The van der Waals surface area contributed by atoms with Gasteiger partial charge in [-0.05, 0) is 108 Å². The molecule has 0 N–H and O–H groups in total. The Labute approximate surface area is 230 Å². The van der Waals surface area contributed by atoms with Crippen molar-refractivity contribution < 1.29 is 9.13 Å². The van der Waals surface area contributed by atoms with Crippen LogP contribution in [0.3, 0.4) is 0 Å². The van der Waals surface area contributed by atoms with Crippen molar-refractivity contribution in [1.82, 2.24) is 0 Å². The third kappa shape index (κ3) is 9.05. The van der Waals surface area contributed by atoms with E-state index in [0.717, 1.165) is 47.6 Å².